The highest BCUT2D eigenvalue weighted by Gasteiger charge is 2.11. The largest absolute Gasteiger partial charge is 0.276 e. The Labute approximate surface area is 80.8 Å². The van der Waals surface area contributed by atoms with E-state index >= 15 is 0 Å². The van der Waals surface area contributed by atoms with E-state index in [1.165, 1.54) is 12.1 Å². The topological polar surface area (TPSA) is 43.1 Å². The van der Waals surface area contributed by atoms with Gasteiger partial charge in [-0.3, -0.25) is 10.1 Å². The molecule has 0 spiro atoms. The smallest absolute Gasteiger partial charge is 0.258 e. The van der Waals surface area contributed by atoms with Crippen LogP contribution < -0.4 is 0 Å². The Morgan fingerprint density at radius 1 is 1.62 bits per heavy atom. The van der Waals surface area contributed by atoms with Gasteiger partial charge in [0.25, 0.3) is 5.69 Å². The molecule has 4 heteroatoms. The van der Waals surface area contributed by atoms with Crippen molar-refractivity contribution in [1.82, 2.24) is 0 Å². The third kappa shape index (κ3) is 2.06. The number of benzene rings is 1. The quantitative estimate of drug-likeness (QED) is 0.425. The van der Waals surface area contributed by atoms with Gasteiger partial charge in [-0.05, 0) is 11.6 Å². The molecule has 3 nitrogen and oxygen atoms in total. The second kappa shape index (κ2) is 4.05. The molecule has 1 aromatic carbocycles. The molecule has 0 aliphatic heterocycles. The van der Waals surface area contributed by atoms with Crippen molar-refractivity contribution >= 4 is 23.4 Å². The molecule has 0 N–H and O–H groups in total. The lowest BCUT2D eigenvalue weighted by Crippen LogP contribution is -1.92. The monoisotopic (exact) mass is 197 g/mol. The lowest BCUT2D eigenvalue weighted by atomic mass is 10.1. The van der Waals surface area contributed by atoms with E-state index in [0.29, 0.717) is 5.56 Å². The van der Waals surface area contributed by atoms with E-state index in [1.807, 2.05) is 0 Å². The van der Waals surface area contributed by atoms with Crippen LogP contribution in [0.5, 0.6) is 0 Å². The Bertz CT molecular complexity index is 349. The Morgan fingerprint density at radius 2 is 2.31 bits per heavy atom. The zero-order chi connectivity index (χ0) is 9.84. The predicted molar refractivity (Wildman–Crippen MR) is 52.7 cm³/mol. The highest BCUT2D eigenvalue weighted by atomic mass is 35.5. The number of rotatable bonds is 3. The fourth-order valence-electron chi connectivity index (χ4n) is 1.00. The molecule has 0 fully saturated rings. The van der Waals surface area contributed by atoms with Crippen molar-refractivity contribution < 1.29 is 4.92 Å². The number of nitrogens with zero attached hydrogens (tertiary/aromatic N) is 1. The van der Waals surface area contributed by atoms with Gasteiger partial charge in [-0.1, -0.05) is 18.7 Å². The van der Waals surface area contributed by atoms with Crippen molar-refractivity contribution in [3.63, 3.8) is 0 Å². The second-order valence-electron chi connectivity index (χ2n) is 2.49. The summed E-state index contributed by atoms with van der Waals surface area (Å²) in [7, 11) is 0. The van der Waals surface area contributed by atoms with Gasteiger partial charge in [0.15, 0.2) is 0 Å². The zero-order valence-electron chi connectivity index (χ0n) is 6.87. The zero-order valence-corrected chi connectivity index (χ0v) is 7.62. The van der Waals surface area contributed by atoms with Crippen LogP contribution in [0.1, 0.15) is 11.1 Å². The number of hydrogen-bond acceptors (Lipinski definition) is 2. The molecule has 1 aromatic rings. The summed E-state index contributed by atoms with van der Waals surface area (Å²) in [5.74, 6) is 0.276. The molecule has 0 amide bonds. The van der Waals surface area contributed by atoms with Gasteiger partial charge >= 0.3 is 0 Å². The molecule has 0 aromatic heterocycles. The molecular weight excluding hydrogens is 190 g/mol. The molecule has 0 aliphatic carbocycles. The molecule has 68 valence electrons. The summed E-state index contributed by atoms with van der Waals surface area (Å²) in [6.07, 6.45) is 1.45. The summed E-state index contributed by atoms with van der Waals surface area (Å²) >= 11 is 5.55. The molecule has 0 radical (unpaired) electrons. The number of halogens is 1. The van der Waals surface area contributed by atoms with E-state index in [2.05, 4.69) is 6.58 Å². The highest BCUT2D eigenvalue weighted by molar-refractivity contribution is 6.17. The summed E-state index contributed by atoms with van der Waals surface area (Å²) in [6, 6.07) is 4.85. The molecule has 13 heavy (non-hydrogen) atoms. The van der Waals surface area contributed by atoms with Crippen LogP contribution in [0.25, 0.3) is 6.08 Å². The van der Waals surface area contributed by atoms with E-state index in [-0.39, 0.29) is 11.6 Å². The van der Waals surface area contributed by atoms with Crippen LogP contribution in [-0.2, 0) is 5.88 Å². The van der Waals surface area contributed by atoms with E-state index in [0.717, 1.165) is 5.56 Å². The van der Waals surface area contributed by atoms with Gasteiger partial charge in [-0.15, -0.1) is 11.6 Å². The van der Waals surface area contributed by atoms with E-state index < -0.39 is 4.92 Å². The van der Waals surface area contributed by atoms with Crippen LogP contribution in [0.4, 0.5) is 5.69 Å². The number of hydrogen-bond donors (Lipinski definition) is 0. The summed E-state index contributed by atoms with van der Waals surface area (Å²) in [5, 5.41) is 10.6. The lowest BCUT2D eigenvalue weighted by molar-refractivity contribution is -0.385. The van der Waals surface area contributed by atoms with E-state index in [9.17, 15) is 10.1 Å². The highest BCUT2D eigenvalue weighted by Crippen LogP contribution is 2.21. The van der Waals surface area contributed by atoms with Crippen LogP contribution in [0.3, 0.4) is 0 Å². The molecule has 0 aliphatic rings. The third-order valence-electron chi connectivity index (χ3n) is 1.67. The van der Waals surface area contributed by atoms with Crippen molar-refractivity contribution in [1.29, 1.82) is 0 Å². The minimum Gasteiger partial charge on any atom is -0.258 e. The van der Waals surface area contributed by atoms with Gasteiger partial charge in [-0.25, -0.2) is 0 Å². The SMILES string of the molecule is C=Cc1ccc(CCl)cc1[N+](=O)[O-]. The van der Waals surface area contributed by atoms with Gasteiger partial charge < -0.3 is 0 Å². The number of nitro benzene ring substituents is 1. The first-order chi connectivity index (χ1) is 6.19. The Morgan fingerprint density at radius 3 is 2.77 bits per heavy atom. The van der Waals surface area contributed by atoms with Gasteiger partial charge in [0.2, 0.25) is 0 Å². The van der Waals surface area contributed by atoms with Crippen molar-refractivity contribution in [2.24, 2.45) is 0 Å². The second-order valence-corrected chi connectivity index (χ2v) is 2.76. The van der Waals surface area contributed by atoms with Crippen LogP contribution >= 0.6 is 11.6 Å². The van der Waals surface area contributed by atoms with Crippen molar-refractivity contribution in [2.45, 2.75) is 5.88 Å². The van der Waals surface area contributed by atoms with Crippen LogP contribution in [0, 0.1) is 10.1 Å². The first-order valence-electron chi connectivity index (χ1n) is 3.64. The van der Waals surface area contributed by atoms with Gasteiger partial charge in [0.05, 0.1) is 10.5 Å². The third-order valence-corrected chi connectivity index (χ3v) is 1.97. The minimum absolute atomic E-state index is 0.0492. The molecule has 0 bridgehead atoms. The van der Waals surface area contributed by atoms with E-state index in [4.69, 9.17) is 11.6 Å². The van der Waals surface area contributed by atoms with Gasteiger partial charge in [0, 0.05) is 11.9 Å². The maximum atomic E-state index is 10.6. The van der Waals surface area contributed by atoms with Crippen molar-refractivity contribution in [3.8, 4) is 0 Å². The molecule has 0 saturated carbocycles. The predicted octanol–water partition coefficient (Wildman–Crippen LogP) is 2.98. The molecule has 0 unspecified atom stereocenters. The van der Waals surface area contributed by atoms with Crippen molar-refractivity contribution in [3.05, 3.63) is 46.0 Å². The van der Waals surface area contributed by atoms with Crippen LogP contribution in [0.15, 0.2) is 24.8 Å². The lowest BCUT2D eigenvalue weighted by Gasteiger charge is -1.99. The summed E-state index contributed by atoms with van der Waals surface area (Å²) in [4.78, 5) is 10.1. The maximum absolute atomic E-state index is 10.6. The Balaban J connectivity index is 3.25. The average molecular weight is 198 g/mol. The van der Waals surface area contributed by atoms with Crippen LogP contribution in [-0.4, -0.2) is 4.92 Å². The molecule has 0 saturated heterocycles. The number of alkyl halides is 1. The molecule has 1 rings (SSSR count). The summed E-state index contributed by atoms with van der Waals surface area (Å²) < 4.78 is 0. The fraction of sp³-hybridized carbons (Fsp3) is 0.111. The van der Waals surface area contributed by atoms with Gasteiger partial charge in [-0.2, -0.15) is 0 Å². The van der Waals surface area contributed by atoms with Crippen molar-refractivity contribution in [2.75, 3.05) is 0 Å². The molecule has 0 heterocycles. The minimum atomic E-state index is -0.437. The first-order valence-corrected chi connectivity index (χ1v) is 4.18. The standard InChI is InChI=1S/C9H8ClNO2/c1-2-8-4-3-7(6-10)5-9(8)11(12)13/h2-5H,1,6H2. The fourth-order valence-corrected chi connectivity index (χ4v) is 1.17. The van der Waals surface area contributed by atoms with E-state index in [1.54, 1.807) is 12.1 Å². The Hall–Kier alpha value is -1.35. The Kier molecular flexibility index (Phi) is 3.03. The molecule has 0 atom stereocenters. The van der Waals surface area contributed by atoms with Gasteiger partial charge in [0.1, 0.15) is 0 Å². The molecular formula is C9H8ClNO2. The maximum Gasteiger partial charge on any atom is 0.276 e. The number of nitro groups is 1. The average Bonchev–Trinajstić information content (AvgIpc) is 2.16. The summed E-state index contributed by atoms with van der Waals surface area (Å²) in [6.45, 7) is 3.49. The van der Waals surface area contributed by atoms with Crippen LogP contribution in [0.2, 0.25) is 0 Å². The normalized spacial score (nSPS) is 9.62. The first kappa shape index (κ1) is 9.74. The summed E-state index contributed by atoms with van der Waals surface area (Å²) in [5.41, 5.74) is 1.30.